The zero-order valence-corrected chi connectivity index (χ0v) is 25.2. The third kappa shape index (κ3) is 5.04. The SMILES string of the molecule is NC(=O)c1c(Cc2ncc(-c3csc4c(=O)cc(N5CCOCC5)sc34)s2)nc(N[C@H]2CCCC[C@H]2[NH3+])n2ncnc12. The number of anilines is 2. The van der Waals surface area contributed by atoms with Crippen molar-refractivity contribution in [3.8, 4) is 10.4 Å². The number of ether oxygens (including phenoxy) is 1. The molecule has 2 fully saturated rings. The molecule has 12 nitrogen and oxygen atoms in total. The van der Waals surface area contributed by atoms with Crippen LogP contribution in [0.5, 0.6) is 0 Å². The van der Waals surface area contributed by atoms with E-state index in [1.54, 1.807) is 21.9 Å². The number of thiazole rings is 1. The second-order valence-electron chi connectivity index (χ2n) is 10.6. The van der Waals surface area contributed by atoms with Crippen LogP contribution in [0.4, 0.5) is 10.9 Å². The first-order valence-corrected chi connectivity index (χ1v) is 16.4. The number of fused-ring (bicyclic) bond motifs is 2. The Balaban J connectivity index is 1.23. The van der Waals surface area contributed by atoms with Crippen LogP contribution in [0.25, 0.3) is 25.5 Å². The fraction of sp³-hybridized carbons (Fsp3) is 0.407. The van der Waals surface area contributed by atoms with Crippen molar-refractivity contribution in [3.05, 3.63) is 50.5 Å². The summed E-state index contributed by atoms with van der Waals surface area (Å²) in [4.78, 5) is 42.7. The normalized spacial score (nSPS) is 19.5. The predicted octanol–water partition coefficient (Wildman–Crippen LogP) is 2.38. The summed E-state index contributed by atoms with van der Waals surface area (Å²) in [5.74, 6) is -0.0974. The molecular formula is C27H30N9O3S3+. The number of primary amides is 1. The van der Waals surface area contributed by atoms with Gasteiger partial charge in [-0.25, -0.2) is 15.0 Å². The monoisotopic (exact) mass is 624 g/mol. The lowest BCUT2D eigenvalue weighted by Gasteiger charge is -2.28. The number of nitrogens with zero attached hydrogens (tertiary/aromatic N) is 6. The number of thiophene rings is 1. The molecule has 218 valence electrons. The second kappa shape index (κ2) is 11.3. The van der Waals surface area contributed by atoms with Crippen LogP contribution in [0.15, 0.2) is 28.8 Å². The van der Waals surface area contributed by atoms with Gasteiger partial charge in [-0.05, 0) is 12.8 Å². The lowest BCUT2D eigenvalue weighted by molar-refractivity contribution is -0.427. The Labute approximate surface area is 252 Å². The van der Waals surface area contributed by atoms with E-state index in [4.69, 9.17) is 20.4 Å². The molecule has 2 atom stereocenters. The molecule has 2 aliphatic rings. The number of rotatable bonds is 7. The molecule has 6 N–H and O–H groups in total. The van der Waals surface area contributed by atoms with Crippen molar-refractivity contribution in [3.63, 3.8) is 0 Å². The van der Waals surface area contributed by atoms with Crippen LogP contribution in [0.2, 0.25) is 0 Å². The maximum Gasteiger partial charge on any atom is 0.254 e. The average molecular weight is 625 g/mol. The van der Waals surface area contributed by atoms with Crippen LogP contribution >= 0.6 is 34.0 Å². The molecule has 7 rings (SSSR count). The maximum absolute atomic E-state index is 13.0. The summed E-state index contributed by atoms with van der Waals surface area (Å²) >= 11 is 4.61. The largest absolute Gasteiger partial charge is 0.378 e. The van der Waals surface area contributed by atoms with Crippen LogP contribution in [0.1, 0.15) is 46.7 Å². The number of nitrogens with two attached hydrogens (primary N) is 1. The molecule has 1 aliphatic heterocycles. The molecular weight excluding hydrogens is 595 g/mol. The highest BCUT2D eigenvalue weighted by molar-refractivity contribution is 7.29. The van der Waals surface area contributed by atoms with Crippen molar-refractivity contribution in [2.45, 2.75) is 44.2 Å². The molecule has 5 aromatic heterocycles. The molecule has 0 unspecified atom stereocenters. The standard InChI is InChI=1S/C27H29N9O3S3/c28-15-3-1-2-4-16(15)33-27-34-17(22(25(29)38)26-31-13-32-36(26)27)9-20-30-11-19(41-20)14-12-40-24-18(37)10-21(42-23(14)24)35-5-7-39-8-6-35/h10-13,15-16H,1-9,28H2,(H2,29,38)(H,33,34)/p+1/t15-,16+/m1/s1. The molecule has 0 radical (unpaired) electrons. The smallest absolute Gasteiger partial charge is 0.254 e. The van der Waals surface area contributed by atoms with Crippen LogP contribution in [-0.4, -0.2) is 68.9 Å². The summed E-state index contributed by atoms with van der Waals surface area (Å²) < 4.78 is 8.75. The number of carbonyl (C=O) groups is 1. The third-order valence-corrected chi connectivity index (χ3v) is 11.2. The van der Waals surface area contributed by atoms with Crippen molar-refractivity contribution < 1.29 is 15.3 Å². The summed E-state index contributed by atoms with van der Waals surface area (Å²) in [6.45, 7) is 2.85. The van der Waals surface area contributed by atoms with Crippen molar-refractivity contribution in [2.24, 2.45) is 5.73 Å². The Hall–Kier alpha value is -3.50. The summed E-state index contributed by atoms with van der Waals surface area (Å²) in [6.07, 6.45) is 7.86. The lowest BCUT2D eigenvalue weighted by Crippen LogP contribution is -2.68. The first-order chi connectivity index (χ1) is 20.5. The van der Waals surface area contributed by atoms with E-state index >= 15 is 0 Å². The Morgan fingerprint density at radius 1 is 1.17 bits per heavy atom. The predicted molar refractivity (Wildman–Crippen MR) is 165 cm³/mol. The van der Waals surface area contributed by atoms with Crippen LogP contribution in [0, 0.1) is 0 Å². The Kier molecular flexibility index (Phi) is 7.35. The minimum absolute atomic E-state index is 0.0330. The fourth-order valence-electron chi connectivity index (χ4n) is 5.66. The number of carbonyl (C=O) groups excluding carboxylic acids is 1. The zero-order valence-electron chi connectivity index (χ0n) is 22.7. The minimum atomic E-state index is -0.615. The van der Waals surface area contributed by atoms with E-state index in [0.29, 0.717) is 36.9 Å². The highest BCUT2D eigenvalue weighted by Crippen LogP contribution is 2.40. The van der Waals surface area contributed by atoms with E-state index in [1.165, 1.54) is 35.4 Å². The van der Waals surface area contributed by atoms with Gasteiger partial charge in [-0.15, -0.1) is 34.0 Å². The minimum Gasteiger partial charge on any atom is -0.378 e. The molecule has 1 aliphatic carbocycles. The van der Waals surface area contributed by atoms with Gasteiger partial charge in [0.05, 0.1) is 49.2 Å². The number of hydrogen-bond acceptors (Lipinski definition) is 12. The van der Waals surface area contributed by atoms with Gasteiger partial charge in [-0.2, -0.15) is 9.61 Å². The van der Waals surface area contributed by atoms with Gasteiger partial charge in [-0.3, -0.25) is 9.59 Å². The van der Waals surface area contributed by atoms with Gasteiger partial charge in [0, 0.05) is 49.1 Å². The maximum atomic E-state index is 13.0. The van der Waals surface area contributed by atoms with Gasteiger partial charge in [0.15, 0.2) is 11.1 Å². The Morgan fingerprint density at radius 2 is 2.00 bits per heavy atom. The molecule has 42 heavy (non-hydrogen) atoms. The first kappa shape index (κ1) is 27.3. The quantitative estimate of drug-likeness (QED) is 0.246. The Morgan fingerprint density at radius 3 is 2.81 bits per heavy atom. The summed E-state index contributed by atoms with van der Waals surface area (Å²) in [5.41, 5.74) is 12.3. The highest BCUT2D eigenvalue weighted by Gasteiger charge is 2.28. The van der Waals surface area contributed by atoms with Crippen molar-refractivity contribution in [1.82, 2.24) is 24.6 Å². The third-order valence-electron chi connectivity index (χ3n) is 7.86. The van der Waals surface area contributed by atoms with E-state index in [2.05, 4.69) is 26.0 Å². The van der Waals surface area contributed by atoms with E-state index in [0.717, 1.165) is 62.2 Å². The van der Waals surface area contributed by atoms with Crippen LogP contribution in [-0.2, 0) is 11.2 Å². The molecule has 0 spiro atoms. The van der Waals surface area contributed by atoms with Crippen molar-refractivity contribution in [1.29, 1.82) is 0 Å². The molecule has 1 amide bonds. The first-order valence-electron chi connectivity index (χ1n) is 13.9. The van der Waals surface area contributed by atoms with E-state index in [-0.39, 0.29) is 23.1 Å². The summed E-state index contributed by atoms with van der Waals surface area (Å²) in [6, 6.07) is 2.14. The molecule has 1 saturated heterocycles. The van der Waals surface area contributed by atoms with Gasteiger partial charge >= 0.3 is 0 Å². The van der Waals surface area contributed by atoms with Gasteiger partial charge < -0.3 is 26.4 Å². The van der Waals surface area contributed by atoms with E-state index in [1.807, 2.05) is 11.6 Å². The summed E-state index contributed by atoms with van der Waals surface area (Å²) in [7, 11) is 0. The average Bonchev–Trinajstić information content (AvgIpc) is 3.75. The molecule has 0 bridgehead atoms. The number of morpholine rings is 1. The Bertz CT molecular complexity index is 1840. The number of nitrogens with one attached hydrogen (secondary N) is 1. The van der Waals surface area contributed by atoms with Crippen molar-refractivity contribution >= 4 is 65.9 Å². The number of quaternary nitrogens is 1. The molecule has 15 heteroatoms. The molecule has 0 aromatic carbocycles. The molecule has 6 heterocycles. The van der Waals surface area contributed by atoms with E-state index < -0.39 is 5.91 Å². The topological polar surface area (TPSA) is 168 Å². The highest BCUT2D eigenvalue weighted by atomic mass is 32.1. The van der Waals surface area contributed by atoms with Gasteiger partial charge in [0.1, 0.15) is 17.9 Å². The van der Waals surface area contributed by atoms with Gasteiger partial charge in [0.2, 0.25) is 5.95 Å². The van der Waals surface area contributed by atoms with Gasteiger partial charge in [-0.1, -0.05) is 6.42 Å². The van der Waals surface area contributed by atoms with Gasteiger partial charge in [0.25, 0.3) is 5.91 Å². The van der Waals surface area contributed by atoms with Crippen LogP contribution < -0.4 is 27.1 Å². The second-order valence-corrected chi connectivity index (χ2v) is 13.6. The lowest BCUT2D eigenvalue weighted by atomic mass is 9.91. The van der Waals surface area contributed by atoms with E-state index in [9.17, 15) is 9.59 Å². The summed E-state index contributed by atoms with van der Waals surface area (Å²) in [5, 5.41) is 11.6. The van der Waals surface area contributed by atoms with Crippen LogP contribution in [0.3, 0.4) is 0 Å². The number of aromatic nitrogens is 5. The number of hydrogen-bond donors (Lipinski definition) is 3. The van der Waals surface area contributed by atoms with Crippen molar-refractivity contribution in [2.75, 3.05) is 36.5 Å². The molecule has 5 aromatic rings. The fourth-order valence-corrected chi connectivity index (χ4v) is 9.12. The molecule has 1 saturated carbocycles. The zero-order chi connectivity index (χ0) is 28.8. The number of amides is 1.